The molecule has 0 saturated heterocycles. The number of carbonyl (C=O) groups excluding carboxylic acids is 1. The van der Waals surface area contributed by atoms with Crippen molar-refractivity contribution in [1.29, 1.82) is 0 Å². The molecule has 0 amide bonds. The number of hydrogen-bond acceptors (Lipinski definition) is 3. The maximum atomic E-state index is 11.4. The third-order valence-corrected chi connectivity index (χ3v) is 2.66. The van der Waals surface area contributed by atoms with E-state index in [4.69, 9.17) is 11.6 Å². The van der Waals surface area contributed by atoms with E-state index < -0.39 is 4.92 Å². The average Bonchev–Trinajstić information content (AvgIpc) is 2.19. The van der Waals surface area contributed by atoms with Crippen molar-refractivity contribution in [3.05, 3.63) is 37.8 Å². The second-order valence-electron chi connectivity index (χ2n) is 2.91. The van der Waals surface area contributed by atoms with Crippen molar-refractivity contribution in [2.24, 2.45) is 0 Å². The van der Waals surface area contributed by atoms with Crippen LogP contribution in [-0.2, 0) is 0 Å². The molecule has 6 heteroatoms. The van der Waals surface area contributed by atoms with Crippen LogP contribution in [0.15, 0.2) is 16.6 Å². The van der Waals surface area contributed by atoms with Crippen molar-refractivity contribution in [3.63, 3.8) is 0 Å². The fourth-order valence-electron chi connectivity index (χ4n) is 1.22. The Morgan fingerprint density at radius 3 is 2.67 bits per heavy atom. The lowest BCUT2D eigenvalue weighted by Crippen LogP contribution is -2.05. The number of benzene rings is 1. The number of rotatable bonds is 3. The molecule has 0 aliphatic rings. The summed E-state index contributed by atoms with van der Waals surface area (Å²) in [6.45, 7) is 1.53. The van der Waals surface area contributed by atoms with E-state index in [1.54, 1.807) is 0 Å². The van der Waals surface area contributed by atoms with Gasteiger partial charge in [0, 0.05) is 21.7 Å². The molecule has 0 unspecified atom stereocenters. The first-order chi connectivity index (χ1) is 6.97. The third kappa shape index (κ3) is 2.54. The fraction of sp³-hybridized carbons (Fsp3) is 0.222. The molecular formula is C9H7BrClNO3. The first-order valence-electron chi connectivity index (χ1n) is 4.01. The van der Waals surface area contributed by atoms with Gasteiger partial charge in [0.15, 0.2) is 5.78 Å². The van der Waals surface area contributed by atoms with Gasteiger partial charge in [0.25, 0.3) is 5.69 Å². The number of nitrogens with zero attached hydrogens (tertiary/aromatic N) is 1. The number of alkyl halides is 1. The molecule has 0 aliphatic carbocycles. The Hall–Kier alpha value is -0.940. The highest BCUT2D eigenvalue weighted by atomic mass is 79.9. The quantitative estimate of drug-likeness (QED) is 0.372. The van der Waals surface area contributed by atoms with Crippen molar-refractivity contribution in [2.45, 2.75) is 6.92 Å². The van der Waals surface area contributed by atoms with Crippen molar-refractivity contribution in [1.82, 2.24) is 0 Å². The standard InChI is InChI=1S/C9H7BrClNO3/c1-5-7(9(13)4-11)2-6(10)3-8(5)12(14)15/h2-3H,4H2,1H3. The molecule has 1 aromatic rings. The molecule has 0 aliphatic heterocycles. The van der Waals surface area contributed by atoms with E-state index in [0.29, 0.717) is 10.0 Å². The lowest BCUT2D eigenvalue weighted by molar-refractivity contribution is -0.385. The van der Waals surface area contributed by atoms with Crippen LogP contribution in [0, 0.1) is 17.0 Å². The Bertz CT molecular complexity index is 434. The molecule has 0 saturated carbocycles. The Labute approximate surface area is 99.5 Å². The van der Waals surface area contributed by atoms with Gasteiger partial charge in [-0.05, 0) is 13.0 Å². The highest BCUT2D eigenvalue weighted by molar-refractivity contribution is 9.10. The molecule has 1 aromatic carbocycles. The number of Topliss-reactive ketones (excluding diaryl/α,β-unsaturated/α-hetero) is 1. The molecule has 0 bridgehead atoms. The van der Waals surface area contributed by atoms with Crippen LogP contribution in [-0.4, -0.2) is 16.6 Å². The van der Waals surface area contributed by atoms with E-state index >= 15 is 0 Å². The number of nitro groups is 1. The minimum absolute atomic E-state index is 0.0853. The summed E-state index contributed by atoms with van der Waals surface area (Å²) in [5.74, 6) is -0.507. The van der Waals surface area contributed by atoms with Gasteiger partial charge < -0.3 is 0 Å². The van der Waals surface area contributed by atoms with Gasteiger partial charge >= 0.3 is 0 Å². The molecule has 0 radical (unpaired) electrons. The first kappa shape index (κ1) is 12.1. The summed E-state index contributed by atoms with van der Waals surface area (Å²) in [5.41, 5.74) is 0.540. The highest BCUT2D eigenvalue weighted by Gasteiger charge is 2.18. The summed E-state index contributed by atoms with van der Waals surface area (Å²) in [6.07, 6.45) is 0. The zero-order chi connectivity index (χ0) is 11.6. The van der Waals surface area contributed by atoms with Crippen molar-refractivity contribution < 1.29 is 9.72 Å². The third-order valence-electron chi connectivity index (χ3n) is 1.96. The van der Waals surface area contributed by atoms with Crippen molar-refractivity contribution >= 4 is 39.0 Å². The number of carbonyl (C=O) groups is 1. The second kappa shape index (κ2) is 4.72. The monoisotopic (exact) mass is 291 g/mol. The molecule has 0 fully saturated rings. The lowest BCUT2D eigenvalue weighted by atomic mass is 10.0. The zero-order valence-electron chi connectivity index (χ0n) is 7.79. The van der Waals surface area contributed by atoms with Crippen molar-refractivity contribution in [2.75, 3.05) is 5.88 Å². The molecule has 0 atom stereocenters. The summed E-state index contributed by atoms with van der Waals surface area (Å²) in [6, 6.07) is 2.90. The van der Waals surface area contributed by atoms with E-state index in [1.165, 1.54) is 19.1 Å². The van der Waals surface area contributed by atoms with E-state index in [9.17, 15) is 14.9 Å². The average molecular weight is 293 g/mol. The van der Waals surface area contributed by atoms with Crippen LogP contribution in [0.25, 0.3) is 0 Å². The second-order valence-corrected chi connectivity index (χ2v) is 4.09. The molecule has 0 aromatic heterocycles. The Kier molecular flexibility index (Phi) is 3.82. The number of hydrogen-bond donors (Lipinski definition) is 0. The minimum Gasteiger partial charge on any atom is -0.293 e. The Morgan fingerprint density at radius 2 is 2.20 bits per heavy atom. The normalized spacial score (nSPS) is 10.1. The summed E-state index contributed by atoms with van der Waals surface area (Å²) in [5, 5.41) is 10.7. The molecule has 0 N–H and O–H groups in total. The van der Waals surface area contributed by atoms with E-state index in [0.717, 1.165) is 0 Å². The summed E-state index contributed by atoms with van der Waals surface area (Å²) in [7, 11) is 0. The maximum absolute atomic E-state index is 11.4. The van der Waals surface area contributed by atoms with Crippen LogP contribution < -0.4 is 0 Å². The van der Waals surface area contributed by atoms with E-state index in [1.807, 2.05) is 0 Å². The van der Waals surface area contributed by atoms with Crippen LogP contribution in [0.5, 0.6) is 0 Å². The van der Waals surface area contributed by atoms with E-state index in [-0.39, 0.29) is 22.9 Å². The van der Waals surface area contributed by atoms with Gasteiger partial charge in [-0.1, -0.05) is 15.9 Å². The SMILES string of the molecule is Cc1c(C(=O)CCl)cc(Br)cc1[N+](=O)[O-]. The molecule has 0 spiro atoms. The van der Waals surface area contributed by atoms with Gasteiger partial charge in [-0.25, -0.2) is 0 Å². The van der Waals surface area contributed by atoms with Gasteiger partial charge in [-0.3, -0.25) is 14.9 Å². The minimum atomic E-state index is -0.523. The van der Waals surface area contributed by atoms with Crippen LogP contribution in [0.1, 0.15) is 15.9 Å². The molecule has 80 valence electrons. The predicted molar refractivity (Wildman–Crippen MR) is 60.6 cm³/mol. The van der Waals surface area contributed by atoms with E-state index in [2.05, 4.69) is 15.9 Å². The molecule has 1 rings (SSSR count). The summed E-state index contributed by atoms with van der Waals surface area (Å²) >= 11 is 8.52. The van der Waals surface area contributed by atoms with Crippen LogP contribution in [0.4, 0.5) is 5.69 Å². The lowest BCUT2D eigenvalue weighted by Gasteiger charge is -2.04. The van der Waals surface area contributed by atoms with Gasteiger partial charge in [-0.15, -0.1) is 11.6 Å². The predicted octanol–water partition coefficient (Wildman–Crippen LogP) is 3.09. The fourth-order valence-corrected chi connectivity index (χ4v) is 1.81. The Morgan fingerprint density at radius 1 is 1.60 bits per heavy atom. The van der Waals surface area contributed by atoms with Crippen LogP contribution >= 0.6 is 27.5 Å². The Balaban J connectivity index is 3.41. The van der Waals surface area contributed by atoms with Crippen molar-refractivity contribution in [3.8, 4) is 0 Å². The zero-order valence-corrected chi connectivity index (χ0v) is 10.1. The number of halogens is 2. The van der Waals surface area contributed by atoms with Gasteiger partial charge in [0.05, 0.1) is 10.8 Å². The number of nitro benzene ring substituents is 1. The largest absolute Gasteiger partial charge is 0.293 e. The number of ketones is 1. The van der Waals surface area contributed by atoms with Crippen LogP contribution in [0.2, 0.25) is 0 Å². The van der Waals surface area contributed by atoms with Gasteiger partial charge in [0.2, 0.25) is 0 Å². The topological polar surface area (TPSA) is 60.2 Å². The molecule has 15 heavy (non-hydrogen) atoms. The highest BCUT2D eigenvalue weighted by Crippen LogP contribution is 2.27. The molecule has 4 nitrogen and oxygen atoms in total. The summed E-state index contributed by atoms with van der Waals surface area (Å²) in [4.78, 5) is 21.5. The first-order valence-corrected chi connectivity index (χ1v) is 5.33. The van der Waals surface area contributed by atoms with Gasteiger partial charge in [0.1, 0.15) is 0 Å². The maximum Gasteiger partial charge on any atom is 0.274 e. The molecule has 0 heterocycles. The smallest absolute Gasteiger partial charge is 0.274 e. The van der Waals surface area contributed by atoms with Gasteiger partial charge in [-0.2, -0.15) is 0 Å². The molecular weight excluding hydrogens is 285 g/mol. The van der Waals surface area contributed by atoms with Crippen LogP contribution in [0.3, 0.4) is 0 Å². The summed E-state index contributed by atoms with van der Waals surface area (Å²) < 4.78 is 0.494.